The van der Waals surface area contributed by atoms with Gasteiger partial charge in [0.1, 0.15) is 11.5 Å². The van der Waals surface area contributed by atoms with Crippen LogP contribution >= 0.6 is 0 Å². The zero-order valence-electron chi connectivity index (χ0n) is 53.4. The Kier molecular flexibility index (Phi) is 13.8. The second-order valence-corrected chi connectivity index (χ2v) is 25.4. The van der Waals surface area contributed by atoms with E-state index in [-0.39, 0.29) is 0 Å². The molecule has 96 heavy (non-hydrogen) atoms. The summed E-state index contributed by atoms with van der Waals surface area (Å²) in [7, 11) is 0. The average molecular weight is 1220 g/mol. The molecule has 1 heteroatoms. The van der Waals surface area contributed by atoms with Crippen molar-refractivity contribution in [1.82, 2.24) is 0 Å². The molecule has 0 amide bonds. The molecule has 0 spiro atoms. The van der Waals surface area contributed by atoms with E-state index < -0.39 is 0 Å². The highest BCUT2D eigenvalue weighted by molar-refractivity contribution is 6.27. The summed E-state index contributed by atoms with van der Waals surface area (Å²) in [5.74, 6) is 1.72. The van der Waals surface area contributed by atoms with E-state index in [2.05, 4.69) is 340 Å². The number of benzene rings is 18. The summed E-state index contributed by atoms with van der Waals surface area (Å²) in [4.78, 5) is 0. The fourth-order valence-electron chi connectivity index (χ4n) is 15.6. The van der Waals surface area contributed by atoms with E-state index in [4.69, 9.17) is 4.42 Å². The fourth-order valence-corrected chi connectivity index (χ4v) is 15.6. The summed E-state index contributed by atoms with van der Waals surface area (Å²) in [6.45, 7) is 4.00. The Morgan fingerprint density at radius 2 is 0.583 bits per heavy atom. The van der Waals surface area contributed by atoms with Gasteiger partial charge in [-0.2, -0.15) is 0 Å². The molecule has 0 N–H and O–H groups in total. The lowest BCUT2D eigenvalue weighted by atomic mass is 9.88. The first kappa shape index (κ1) is 56.6. The highest BCUT2D eigenvalue weighted by Gasteiger charge is 2.20. The van der Waals surface area contributed by atoms with Gasteiger partial charge in [0.05, 0.1) is 0 Å². The van der Waals surface area contributed by atoms with Crippen molar-refractivity contribution in [2.24, 2.45) is 0 Å². The summed E-state index contributed by atoms with van der Waals surface area (Å²) < 4.78 is 6.50. The van der Waals surface area contributed by atoms with Gasteiger partial charge in [0.2, 0.25) is 0 Å². The third kappa shape index (κ3) is 9.62. The normalized spacial score (nSPS) is 12.4. The topological polar surface area (TPSA) is 13.1 Å². The molecule has 19 aromatic rings. The molecular formula is C95H64O. The summed E-state index contributed by atoms with van der Waals surface area (Å²) in [5, 5.41) is 26.0. The highest BCUT2D eigenvalue weighted by Crippen LogP contribution is 2.45. The standard InChI is InChI=1S/C49H30.C44H28O.C2H6/c1-5-30-13-15-34-19-23-42(44-25-21-32(7-1)46(30)48(34)44)40-11-3-9-36(28-40)38-17-18-39(27-38)37-10-4-12-41(29-37)43-24-20-35-16-14-31-6-2-8-33-22-26-45(43)49(35)47(31)33;1-4-15-36-33(12-1)28-41(40-19-8-7-18-39(36)40)29-20-22-30(23-21-29)42-24-25-43(45-42)34-13-9-14-35(27-34)44-37-16-5-2-10-31(37)26-32-11-3-6-17-38(32)44;1-2/h1-26,28-29H,27H2;1-28H;1-2H3. The molecule has 0 atom stereocenters. The van der Waals surface area contributed by atoms with Gasteiger partial charge in [-0.1, -0.05) is 311 Å². The molecule has 0 radical (unpaired) electrons. The maximum Gasteiger partial charge on any atom is 0.134 e. The van der Waals surface area contributed by atoms with Crippen molar-refractivity contribution >= 4 is 119 Å². The first-order valence-corrected chi connectivity index (χ1v) is 33.6. The smallest absolute Gasteiger partial charge is 0.134 e. The Bertz CT molecular complexity index is 6020. The molecule has 1 aliphatic rings. The SMILES string of the molecule is C1=C(c2cccc(-c3ccc4ccc5cccc6ccc3c4c56)c2)CC(c2cccc(-c3ccc4ccc5cccc6ccc3c4c56)c2)=C1.CC.c1cc(-c2ccc(-c3ccc(-c4cc5ccccc5c5ccccc45)cc3)o2)cc(-c2c3ccccc3cc3ccccc23)c1. The number of fused-ring (bicyclic) bond motifs is 5. The average Bonchev–Trinajstić information content (AvgIpc) is 0.861. The monoisotopic (exact) mass is 1220 g/mol. The van der Waals surface area contributed by atoms with Crippen molar-refractivity contribution < 1.29 is 4.42 Å². The van der Waals surface area contributed by atoms with Crippen LogP contribution in [0.2, 0.25) is 0 Å². The van der Waals surface area contributed by atoms with Crippen molar-refractivity contribution in [3.8, 4) is 67.2 Å². The van der Waals surface area contributed by atoms with Crippen molar-refractivity contribution in [2.45, 2.75) is 20.3 Å². The largest absolute Gasteiger partial charge is 0.456 e. The number of furan rings is 1. The minimum Gasteiger partial charge on any atom is -0.456 e. The molecule has 18 aromatic carbocycles. The third-order valence-electron chi connectivity index (χ3n) is 20.1. The zero-order valence-corrected chi connectivity index (χ0v) is 53.4. The van der Waals surface area contributed by atoms with Gasteiger partial charge in [0.15, 0.2) is 0 Å². The number of hydrogen-bond acceptors (Lipinski definition) is 1. The van der Waals surface area contributed by atoms with Crippen LogP contribution in [-0.4, -0.2) is 0 Å². The zero-order chi connectivity index (χ0) is 63.8. The molecule has 20 rings (SSSR count). The van der Waals surface area contributed by atoms with E-state index >= 15 is 0 Å². The van der Waals surface area contributed by atoms with Gasteiger partial charge in [-0.15, -0.1) is 0 Å². The molecule has 1 aromatic heterocycles. The van der Waals surface area contributed by atoms with Gasteiger partial charge < -0.3 is 4.42 Å². The maximum absolute atomic E-state index is 6.50. The van der Waals surface area contributed by atoms with Crippen LogP contribution in [0.3, 0.4) is 0 Å². The van der Waals surface area contributed by atoms with Crippen LogP contribution in [0.5, 0.6) is 0 Å². The van der Waals surface area contributed by atoms with Gasteiger partial charge >= 0.3 is 0 Å². The quantitative estimate of drug-likeness (QED) is 0.109. The number of hydrogen-bond donors (Lipinski definition) is 0. The van der Waals surface area contributed by atoms with Gasteiger partial charge in [0, 0.05) is 11.1 Å². The lowest BCUT2D eigenvalue weighted by Gasteiger charge is -2.15. The van der Waals surface area contributed by atoms with Crippen LogP contribution in [0.25, 0.3) is 186 Å². The van der Waals surface area contributed by atoms with Crippen molar-refractivity contribution in [2.75, 3.05) is 0 Å². The second kappa shape index (κ2) is 23.4. The number of allylic oxidation sites excluding steroid dienone is 4. The minimum atomic E-state index is 0.862. The fraction of sp³-hybridized carbons (Fsp3) is 0.0316. The molecule has 1 aliphatic carbocycles. The first-order valence-electron chi connectivity index (χ1n) is 33.6. The predicted octanol–water partition coefficient (Wildman–Crippen LogP) is 27.3. The van der Waals surface area contributed by atoms with E-state index in [1.165, 1.54) is 175 Å². The van der Waals surface area contributed by atoms with E-state index in [9.17, 15) is 0 Å². The Morgan fingerprint density at radius 3 is 1.12 bits per heavy atom. The van der Waals surface area contributed by atoms with Crippen LogP contribution in [0, 0.1) is 0 Å². The van der Waals surface area contributed by atoms with E-state index in [0.29, 0.717) is 0 Å². The first-order chi connectivity index (χ1) is 47.6. The Balaban J connectivity index is 0.000000137. The highest BCUT2D eigenvalue weighted by atomic mass is 16.3. The molecule has 0 unspecified atom stereocenters. The molecule has 0 aliphatic heterocycles. The molecule has 0 saturated heterocycles. The summed E-state index contributed by atoms with van der Waals surface area (Å²) >= 11 is 0. The van der Waals surface area contributed by atoms with Crippen molar-refractivity contribution in [1.29, 1.82) is 0 Å². The third-order valence-corrected chi connectivity index (χ3v) is 20.1. The van der Waals surface area contributed by atoms with Crippen molar-refractivity contribution in [3.63, 3.8) is 0 Å². The molecule has 450 valence electrons. The summed E-state index contributed by atoms with van der Waals surface area (Å²) in [6.07, 6.45) is 5.56. The van der Waals surface area contributed by atoms with Crippen LogP contribution in [0.15, 0.2) is 344 Å². The van der Waals surface area contributed by atoms with E-state index in [1.54, 1.807) is 0 Å². The van der Waals surface area contributed by atoms with Crippen LogP contribution in [-0.2, 0) is 0 Å². The van der Waals surface area contributed by atoms with Gasteiger partial charge in [-0.3, -0.25) is 0 Å². The van der Waals surface area contributed by atoms with Gasteiger partial charge in [0.25, 0.3) is 0 Å². The molecule has 0 fully saturated rings. The Hall–Kier alpha value is -12.2. The van der Waals surface area contributed by atoms with Gasteiger partial charge in [-0.05, 0) is 223 Å². The lowest BCUT2D eigenvalue weighted by molar-refractivity contribution is 0.597. The molecule has 0 saturated carbocycles. The summed E-state index contributed by atoms with van der Waals surface area (Å²) in [5.41, 5.74) is 17.4. The van der Waals surface area contributed by atoms with Crippen LogP contribution in [0.1, 0.15) is 31.4 Å². The lowest BCUT2D eigenvalue weighted by Crippen LogP contribution is -1.90. The Labute approximate surface area is 558 Å². The minimum absolute atomic E-state index is 0.862. The Morgan fingerprint density at radius 1 is 0.208 bits per heavy atom. The van der Waals surface area contributed by atoms with E-state index in [1.807, 2.05) is 13.8 Å². The maximum atomic E-state index is 6.50. The molecular weight excluding hydrogens is 1160 g/mol. The number of rotatable bonds is 8. The van der Waals surface area contributed by atoms with Crippen LogP contribution in [0.4, 0.5) is 0 Å². The van der Waals surface area contributed by atoms with Crippen molar-refractivity contribution in [3.05, 3.63) is 351 Å². The predicted molar refractivity (Wildman–Crippen MR) is 414 cm³/mol. The molecule has 1 heterocycles. The molecule has 0 bridgehead atoms. The summed E-state index contributed by atoms with van der Waals surface area (Å²) in [6, 6.07) is 120. The second-order valence-electron chi connectivity index (χ2n) is 25.4. The van der Waals surface area contributed by atoms with E-state index in [0.717, 1.165) is 29.1 Å². The van der Waals surface area contributed by atoms with Crippen LogP contribution < -0.4 is 0 Å². The molecule has 1 nitrogen and oxygen atoms in total. The van der Waals surface area contributed by atoms with Gasteiger partial charge in [-0.25, -0.2) is 0 Å².